The molecule has 4 rings (SSSR count). The number of hydrogen-bond donors (Lipinski definition) is 0. The van der Waals surface area contributed by atoms with E-state index >= 15 is 0 Å². The molecule has 0 aliphatic heterocycles. The summed E-state index contributed by atoms with van der Waals surface area (Å²) in [6.45, 7) is 2.36. The van der Waals surface area contributed by atoms with Crippen molar-refractivity contribution in [3.63, 3.8) is 0 Å². The summed E-state index contributed by atoms with van der Waals surface area (Å²) in [6.07, 6.45) is 14.3. The first-order chi connectivity index (χ1) is 15.8. The van der Waals surface area contributed by atoms with Crippen LogP contribution >= 0.6 is 0 Å². The second kappa shape index (κ2) is 10.8. The van der Waals surface area contributed by atoms with Crippen LogP contribution in [0, 0.1) is 47.1 Å². The molecule has 0 N–H and O–H groups in total. The summed E-state index contributed by atoms with van der Waals surface area (Å²) in [5.74, 6) is 0.0603. The third-order valence-electron chi connectivity index (χ3n) is 8.59. The van der Waals surface area contributed by atoms with Gasteiger partial charge in [0.15, 0.2) is 11.6 Å². The molecule has 0 saturated heterocycles. The number of alkyl halides is 2. The third-order valence-corrected chi connectivity index (χ3v) is 8.59. The average Bonchev–Trinajstić information content (AvgIpc) is 2.81. The molecular weight excluding hydrogens is 428 g/mol. The van der Waals surface area contributed by atoms with Crippen LogP contribution in [0.2, 0.25) is 0 Å². The summed E-state index contributed by atoms with van der Waals surface area (Å²) in [4.78, 5) is 0. The van der Waals surface area contributed by atoms with E-state index in [4.69, 9.17) is 4.74 Å². The van der Waals surface area contributed by atoms with Gasteiger partial charge < -0.3 is 4.74 Å². The fourth-order valence-electron chi connectivity index (χ4n) is 6.31. The first-order valence-corrected chi connectivity index (χ1v) is 13.0. The van der Waals surface area contributed by atoms with E-state index in [1.807, 2.05) is 0 Å². The fourth-order valence-corrected chi connectivity index (χ4v) is 6.31. The first-order valence-electron chi connectivity index (χ1n) is 13.0. The van der Waals surface area contributed by atoms with Gasteiger partial charge in [0.2, 0.25) is 0 Å². The van der Waals surface area contributed by atoms with Gasteiger partial charge in [-0.25, -0.2) is 8.78 Å². The number of allylic oxidation sites excluding steroid dienone is 2. The lowest BCUT2D eigenvalue weighted by Gasteiger charge is -2.39. The largest absolute Gasteiger partial charge is 0.432 e. The van der Waals surface area contributed by atoms with E-state index in [1.54, 1.807) is 0 Å². The number of hydrogen-bond acceptors (Lipinski definition) is 1. The Labute approximate surface area is 196 Å². The summed E-state index contributed by atoms with van der Waals surface area (Å²) < 4.78 is 60.5. The van der Waals surface area contributed by atoms with Gasteiger partial charge in [-0.3, -0.25) is 0 Å². The highest BCUT2D eigenvalue weighted by Crippen LogP contribution is 2.45. The predicted octanol–water partition coefficient (Wildman–Crippen LogP) is 8.93. The van der Waals surface area contributed by atoms with Crippen LogP contribution in [0.5, 0.6) is 5.75 Å². The summed E-state index contributed by atoms with van der Waals surface area (Å²) in [5, 5.41) is 0. The highest BCUT2D eigenvalue weighted by Gasteiger charge is 2.45. The number of halogens is 4. The smallest absolute Gasteiger partial charge is 0.400 e. The molecule has 5 heteroatoms. The monoisotopic (exact) mass is 466 g/mol. The Morgan fingerprint density at radius 2 is 1.24 bits per heavy atom. The zero-order valence-corrected chi connectivity index (χ0v) is 19.8. The van der Waals surface area contributed by atoms with Crippen LogP contribution in [-0.2, 0) is 0 Å². The molecule has 3 fully saturated rings. The minimum absolute atomic E-state index is 0.324. The van der Waals surface area contributed by atoms with Crippen molar-refractivity contribution in [2.75, 3.05) is 0 Å². The third kappa shape index (κ3) is 6.54. The number of ether oxygens (including phenoxy) is 1. The average molecular weight is 467 g/mol. The van der Waals surface area contributed by atoms with Crippen molar-refractivity contribution in [3.8, 4) is 5.75 Å². The Morgan fingerprint density at radius 1 is 0.727 bits per heavy atom. The van der Waals surface area contributed by atoms with E-state index in [9.17, 15) is 17.6 Å². The molecule has 3 aliphatic carbocycles. The molecule has 3 saturated carbocycles. The molecule has 3 aliphatic rings. The number of benzene rings is 1. The van der Waals surface area contributed by atoms with Crippen LogP contribution in [0.3, 0.4) is 0 Å². The second-order valence-electron chi connectivity index (χ2n) is 10.9. The zero-order chi connectivity index (χ0) is 23.4. The summed E-state index contributed by atoms with van der Waals surface area (Å²) >= 11 is 0. The van der Waals surface area contributed by atoms with Gasteiger partial charge in [-0.15, -0.1) is 0 Å². The molecule has 1 aromatic rings. The molecule has 0 bridgehead atoms. The number of rotatable bonds is 6. The van der Waals surface area contributed by atoms with Crippen molar-refractivity contribution in [3.05, 3.63) is 42.0 Å². The quantitative estimate of drug-likeness (QED) is 0.300. The summed E-state index contributed by atoms with van der Waals surface area (Å²) in [6, 6.07) is 2.56. The Bertz CT molecular complexity index is 783. The summed E-state index contributed by atoms with van der Waals surface area (Å²) in [7, 11) is 0. The lowest BCUT2D eigenvalue weighted by Crippen LogP contribution is -2.38. The molecule has 0 amide bonds. The van der Waals surface area contributed by atoms with Crippen molar-refractivity contribution in [2.24, 2.45) is 35.5 Å². The SMILES string of the molecule is CC1CCC(/C=C/C2CCC(C3CCC(C(F)(F)Oc4ccc(F)c(F)c4)CC3)CC2)CC1. The maximum atomic E-state index is 14.7. The van der Waals surface area contributed by atoms with Crippen LogP contribution in [0.25, 0.3) is 0 Å². The van der Waals surface area contributed by atoms with Gasteiger partial charge in [-0.05, 0) is 106 Å². The van der Waals surface area contributed by atoms with Crippen LogP contribution in [-0.4, -0.2) is 6.11 Å². The maximum Gasteiger partial charge on any atom is 0.400 e. The van der Waals surface area contributed by atoms with Crippen LogP contribution in [0.15, 0.2) is 30.4 Å². The van der Waals surface area contributed by atoms with Crippen LogP contribution < -0.4 is 4.74 Å². The van der Waals surface area contributed by atoms with Gasteiger partial charge in [0.05, 0.1) is 5.92 Å². The van der Waals surface area contributed by atoms with Crippen molar-refractivity contribution < 1.29 is 22.3 Å². The predicted molar refractivity (Wildman–Crippen MR) is 123 cm³/mol. The maximum absolute atomic E-state index is 14.7. The Morgan fingerprint density at radius 3 is 1.79 bits per heavy atom. The second-order valence-corrected chi connectivity index (χ2v) is 10.9. The normalized spacial score (nSPS) is 33.8. The van der Waals surface area contributed by atoms with Crippen molar-refractivity contribution in [1.29, 1.82) is 0 Å². The van der Waals surface area contributed by atoms with E-state index < -0.39 is 23.7 Å². The van der Waals surface area contributed by atoms with E-state index in [1.165, 1.54) is 51.4 Å². The highest BCUT2D eigenvalue weighted by molar-refractivity contribution is 5.24. The molecule has 33 heavy (non-hydrogen) atoms. The lowest BCUT2D eigenvalue weighted by molar-refractivity contribution is -0.224. The lowest BCUT2D eigenvalue weighted by atomic mass is 9.69. The molecule has 0 aromatic heterocycles. The Balaban J connectivity index is 1.20. The van der Waals surface area contributed by atoms with Crippen LogP contribution in [0.1, 0.15) is 84.0 Å². The zero-order valence-electron chi connectivity index (χ0n) is 19.8. The minimum Gasteiger partial charge on any atom is -0.432 e. The summed E-state index contributed by atoms with van der Waals surface area (Å²) in [5.41, 5.74) is 0. The van der Waals surface area contributed by atoms with Gasteiger partial charge in [-0.2, -0.15) is 8.78 Å². The van der Waals surface area contributed by atoms with E-state index in [0.717, 1.165) is 36.8 Å². The topological polar surface area (TPSA) is 9.23 Å². The molecule has 0 atom stereocenters. The van der Waals surface area contributed by atoms with Crippen molar-refractivity contribution >= 4 is 0 Å². The van der Waals surface area contributed by atoms with Crippen molar-refractivity contribution in [1.82, 2.24) is 0 Å². The fraction of sp³-hybridized carbons (Fsp3) is 0.714. The van der Waals surface area contributed by atoms with E-state index in [0.29, 0.717) is 36.7 Å². The van der Waals surface area contributed by atoms with E-state index in [2.05, 4.69) is 19.1 Å². The first kappa shape index (κ1) is 24.6. The van der Waals surface area contributed by atoms with Gasteiger partial charge in [0, 0.05) is 6.07 Å². The van der Waals surface area contributed by atoms with Gasteiger partial charge in [-0.1, -0.05) is 31.9 Å². The molecule has 0 spiro atoms. The Hall–Kier alpha value is -1.52. The molecule has 184 valence electrons. The molecule has 1 nitrogen and oxygen atoms in total. The Kier molecular flexibility index (Phi) is 8.07. The van der Waals surface area contributed by atoms with Gasteiger partial charge in [0.1, 0.15) is 5.75 Å². The van der Waals surface area contributed by atoms with E-state index in [-0.39, 0.29) is 5.75 Å². The standard InChI is InChI=1S/C28H38F4O/c1-19-2-4-20(5-3-19)6-7-21-8-10-22(11-9-21)23-12-14-24(15-13-23)28(31,32)33-25-16-17-26(29)27(30)18-25/h6-7,16-24H,2-5,8-15H2,1H3/b7-6+. The van der Waals surface area contributed by atoms with Crippen LogP contribution in [0.4, 0.5) is 17.6 Å². The van der Waals surface area contributed by atoms with Crippen molar-refractivity contribution in [2.45, 2.75) is 90.1 Å². The molecule has 0 unspecified atom stereocenters. The highest BCUT2D eigenvalue weighted by atomic mass is 19.3. The molecular formula is C28H38F4O. The molecule has 0 radical (unpaired) electrons. The molecule has 1 aromatic carbocycles. The molecule has 0 heterocycles. The minimum atomic E-state index is -3.37. The van der Waals surface area contributed by atoms with Gasteiger partial charge in [0.25, 0.3) is 0 Å². The van der Waals surface area contributed by atoms with Gasteiger partial charge >= 0.3 is 6.11 Å².